The van der Waals surface area contributed by atoms with E-state index in [-0.39, 0.29) is 16.7 Å². The lowest BCUT2D eigenvalue weighted by Crippen LogP contribution is -2.29. The fraction of sp³-hybridized carbons (Fsp3) is 0.500. The van der Waals surface area contributed by atoms with Gasteiger partial charge < -0.3 is 10.6 Å². The van der Waals surface area contributed by atoms with Crippen molar-refractivity contribution >= 4 is 32.9 Å². The summed E-state index contributed by atoms with van der Waals surface area (Å²) >= 11 is 1.49. The predicted molar refractivity (Wildman–Crippen MR) is 85.0 cm³/mol. The molecule has 2 atom stereocenters. The van der Waals surface area contributed by atoms with Crippen LogP contribution in [0, 0.1) is 23.0 Å². The first-order chi connectivity index (χ1) is 9.95. The number of nitrogens with two attached hydrogens (primary N) is 1. The first-order valence-electron chi connectivity index (χ1n) is 7.02. The lowest BCUT2D eigenvalue weighted by molar-refractivity contribution is -0.384. The third kappa shape index (κ3) is 2.58. The zero-order chi connectivity index (χ0) is 15.1. The maximum Gasteiger partial charge on any atom is 0.294 e. The molecule has 3 rings (SSSR count). The van der Waals surface area contributed by atoms with E-state index in [1.165, 1.54) is 11.3 Å². The topological polar surface area (TPSA) is 85.3 Å². The van der Waals surface area contributed by atoms with E-state index in [0.29, 0.717) is 11.6 Å². The molecule has 0 bridgehead atoms. The molecule has 1 aliphatic rings. The van der Waals surface area contributed by atoms with Gasteiger partial charge in [0.2, 0.25) is 0 Å². The van der Waals surface area contributed by atoms with Crippen molar-refractivity contribution in [2.75, 3.05) is 18.0 Å². The number of anilines is 1. The van der Waals surface area contributed by atoms with Crippen molar-refractivity contribution in [3.05, 3.63) is 27.3 Å². The highest BCUT2D eigenvalue weighted by Crippen LogP contribution is 2.37. The minimum Gasteiger partial charge on any atom is -0.366 e. The largest absolute Gasteiger partial charge is 0.366 e. The molecule has 1 aromatic heterocycles. The molecule has 1 aliphatic heterocycles. The molecule has 0 saturated carbocycles. The monoisotopic (exact) mass is 306 g/mol. The van der Waals surface area contributed by atoms with E-state index in [9.17, 15) is 10.1 Å². The molecule has 6 nitrogen and oxygen atoms in total. The van der Waals surface area contributed by atoms with Crippen LogP contribution >= 0.6 is 11.3 Å². The van der Waals surface area contributed by atoms with Crippen LogP contribution in [0.2, 0.25) is 0 Å². The molecule has 112 valence electrons. The zero-order valence-corrected chi connectivity index (χ0v) is 12.9. The molecule has 0 spiro atoms. The molecule has 1 fully saturated rings. The quantitative estimate of drug-likeness (QED) is 0.696. The second-order valence-electron chi connectivity index (χ2n) is 5.65. The number of benzene rings is 1. The van der Waals surface area contributed by atoms with Crippen molar-refractivity contribution in [1.82, 2.24) is 4.98 Å². The van der Waals surface area contributed by atoms with E-state index < -0.39 is 0 Å². The number of hydrogen-bond acceptors (Lipinski definition) is 6. The van der Waals surface area contributed by atoms with Crippen molar-refractivity contribution in [2.45, 2.75) is 26.3 Å². The number of aryl methyl sites for hydroxylation is 1. The number of thiazole rings is 1. The number of nitro benzene ring substituents is 1. The molecular weight excluding hydrogens is 288 g/mol. The van der Waals surface area contributed by atoms with Gasteiger partial charge in [-0.25, -0.2) is 4.98 Å². The Morgan fingerprint density at radius 3 is 2.95 bits per heavy atom. The van der Waals surface area contributed by atoms with Gasteiger partial charge in [-0.2, -0.15) is 0 Å². The minimum atomic E-state index is -0.303. The molecule has 7 heteroatoms. The van der Waals surface area contributed by atoms with Gasteiger partial charge in [0, 0.05) is 25.2 Å². The third-order valence-electron chi connectivity index (χ3n) is 4.10. The molecule has 1 aromatic carbocycles. The molecule has 0 radical (unpaired) electrons. The number of nitro groups is 1. The van der Waals surface area contributed by atoms with Gasteiger partial charge in [0.15, 0.2) is 0 Å². The number of rotatable bonds is 3. The number of nitrogens with zero attached hydrogens (tertiary/aromatic N) is 3. The number of aromatic nitrogens is 1. The Bertz CT molecular complexity index is 698. The average Bonchev–Trinajstić information content (AvgIpc) is 3.01. The van der Waals surface area contributed by atoms with Crippen molar-refractivity contribution < 1.29 is 4.92 Å². The maximum absolute atomic E-state index is 11.4. The van der Waals surface area contributed by atoms with Crippen LogP contribution < -0.4 is 10.6 Å². The summed E-state index contributed by atoms with van der Waals surface area (Å²) < 4.78 is 0.867. The van der Waals surface area contributed by atoms with Crippen molar-refractivity contribution in [3.8, 4) is 0 Å². The van der Waals surface area contributed by atoms with Crippen LogP contribution in [0.4, 0.5) is 11.4 Å². The first-order valence-corrected chi connectivity index (χ1v) is 7.83. The molecule has 0 aliphatic carbocycles. The van der Waals surface area contributed by atoms with Crippen LogP contribution in [-0.4, -0.2) is 29.0 Å². The van der Waals surface area contributed by atoms with E-state index in [0.717, 1.165) is 34.7 Å². The van der Waals surface area contributed by atoms with E-state index in [1.807, 2.05) is 19.9 Å². The summed E-state index contributed by atoms with van der Waals surface area (Å²) in [5, 5.41) is 12.3. The second-order valence-corrected chi connectivity index (χ2v) is 6.89. The van der Waals surface area contributed by atoms with E-state index in [2.05, 4.69) is 9.88 Å². The summed E-state index contributed by atoms with van der Waals surface area (Å²) in [6.45, 7) is 5.49. The molecule has 21 heavy (non-hydrogen) atoms. The van der Waals surface area contributed by atoms with Crippen molar-refractivity contribution in [1.29, 1.82) is 0 Å². The highest BCUT2D eigenvalue weighted by atomic mass is 32.1. The van der Waals surface area contributed by atoms with Crippen LogP contribution in [0.25, 0.3) is 10.2 Å². The highest BCUT2D eigenvalue weighted by Gasteiger charge is 2.30. The summed E-state index contributed by atoms with van der Waals surface area (Å²) in [5.74, 6) is 0.387. The van der Waals surface area contributed by atoms with Gasteiger partial charge in [0.1, 0.15) is 5.69 Å². The minimum absolute atomic E-state index is 0.110. The first kappa shape index (κ1) is 14.2. The number of fused-ring (bicyclic) bond motifs is 1. The van der Waals surface area contributed by atoms with E-state index >= 15 is 0 Å². The van der Waals surface area contributed by atoms with Crippen molar-refractivity contribution in [2.24, 2.45) is 11.7 Å². The third-order valence-corrected chi connectivity index (χ3v) is 5.03. The molecule has 0 amide bonds. The Hall–Kier alpha value is -1.73. The molecule has 1 saturated heterocycles. The fourth-order valence-electron chi connectivity index (χ4n) is 2.90. The maximum atomic E-state index is 11.4. The van der Waals surface area contributed by atoms with Gasteiger partial charge in [-0.15, -0.1) is 11.3 Å². The van der Waals surface area contributed by atoms with Gasteiger partial charge in [0.25, 0.3) is 5.69 Å². The summed E-state index contributed by atoms with van der Waals surface area (Å²) in [6.07, 6.45) is 0.975. The summed E-state index contributed by atoms with van der Waals surface area (Å²) in [4.78, 5) is 17.6. The van der Waals surface area contributed by atoms with Gasteiger partial charge >= 0.3 is 0 Å². The van der Waals surface area contributed by atoms with E-state index in [4.69, 9.17) is 5.73 Å². The zero-order valence-electron chi connectivity index (χ0n) is 12.1. The molecule has 2 heterocycles. The van der Waals surface area contributed by atoms with Gasteiger partial charge in [-0.3, -0.25) is 10.1 Å². The average molecular weight is 306 g/mol. The van der Waals surface area contributed by atoms with Gasteiger partial charge in [-0.1, -0.05) is 0 Å². The Morgan fingerprint density at radius 2 is 2.33 bits per heavy atom. The van der Waals surface area contributed by atoms with E-state index in [1.54, 1.807) is 6.07 Å². The van der Waals surface area contributed by atoms with Crippen LogP contribution in [0.3, 0.4) is 0 Å². The fourth-order valence-corrected chi connectivity index (χ4v) is 3.74. The van der Waals surface area contributed by atoms with Crippen LogP contribution in [-0.2, 0) is 0 Å². The highest BCUT2D eigenvalue weighted by molar-refractivity contribution is 7.18. The van der Waals surface area contributed by atoms with Crippen molar-refractivity contribution in [3.63, 3.8) is 0 Å². The molecule has 2 N–H and O–H groups in total. The SMILES string of the molecule is Cc1nc2cc(N3CCC(C(C)N)C3)c([N+](=O)[O-])cc2s1. The Labute approximate surface area is 126 Å². The second kappa shape index (κ2) is 5.23. The summed E-state index contributed by atoms with van der Waals surface area (Å²) in [7, 11) is 0. The molecule has 2 unspecified atom stereocenters. The lowest BCUT2D eigenvalue weighted by Gasteiger charge is -2.19. The molecule has 2 aromatic rings. The van der Waals surface area contributed by atoms with Gasteiger partial charge in [0.05, 0.1) is 20.1 Å². The standard InChI is InChI=1S/C14H18N4O2S/c1-8(15)10-3-4-17(7-10)12-5-11-14(21-9(2)16-11)6-13(12)18(19)20/h5-6,8,10H,3-4,7,15H2,1-2H3. The van der Waals surface area contributed by atoms with Gasteiger partial charge in [-0.05, 0) is 32.3 Å². The van der Waals surface area contributed by atoms with Crippen LogP contribution in [0.15, 0.2) is 12.1 Å². The Balaban J connectivity index is 2.04. The Kier molecular flexibility index (Phi) is 3.54. The lowest BCUT2D eigenvalue weighted by atomic mass is 10.0. The summed E-state index contributed by atoms with van der Waals surface area (Å²) in [6, 6.07) is 3.61. The predicted octanol–water partition coefficient (Wildman–Crippen LogP) is 2.69. The molecular formula is C14H18N4O2S. The normalized spacial score (nSPS) is 20.1. The van der Waals surface area contributed by atoms with Crippen LogP contribution in [0.5, 0.6) is 0 Å². The summed E-state index contributed by atoms with van der Waals surface area (Å²) in [5.41, 5.74) is 7.62. The number of hydrogen-bond donors (Lipinski definition) is 1. The van der Waals surface area contributed by atoms with Crippen LogP contribution in [0.1, 0.15) is 18.4 Å². The smallest absolute Gasteiger partial charge is 0.294 e. The Morgan fingerprint density at radius 1 is 1.57 bits per heavy atom.